The number of Topliss-reactive ketones (excluding diaryl/α,β-unsaturated/α-hetero) is 2. The average molecular weight is 621 g/mol. The molecular weight excluding hydrogens is 544 g/mol. The van der Waals surface area contributed by atoms with Crippen LogP contribution >= 0.6 is 0 Å². The predicted molar refractivity (Wildman–Crippen MR) is 192 cm³/mol. The van der Waals surface area contributed by atoms with E-state index in [1.54, 1.807) is 13.8 Å². The van der Waals surface area contributed by atoms with E-state index in [-0.39, 0.29) is 0 Å². The average Bonchev–Trinajstić information content (AvgIpc) is 2.98. The van der Waals surface area contributed by atoms with Crippen LogP contribution in [0.4, 0.5) is 0 Å². The van der Waals surface area contributed by atoms with Crippen molar-refractivity contribution in [2.75, 3.05) is 45.9 Å². The number of carbonyl (C=O) groups is 2. The Hall–Kier alpha value is -1.04. The lowest BCUT2D eigenvalue weighted by molar-refractivity contribution is -0.117. The van der Waals surface area contributed by atoms with Crippen molar-refractivity contribution in [1.82, 2.24) is 9.80 Å². The molecule has 5 heteroatoms. The molecule has 0 spiro atoms. The minimum absolute atomic E-state index is 0.317. The van der Waals surface area contributed by atoms with Gasteiger partial charge in [-0.25, -0.2) is 0 Å². The van der Waals surface area contributed by atoms with Gasteiger partial charge in [-0.05, 0) is 131 Å². The first-order chi connectivity index (χ1) is 21.3. The smallest absolute Gasteiger partial charge is 0.129 e. The monoisotopic (exact) mass is 621 g/mol. The molecule has 1 N–H and O–H groups in total. The molecule has 260 valence electrons. The zero-order chi connectivity index (χ0) is 32.5. The van der Waals surface area contributed by atoms with Crippen LogP contribution in [-0.4, -0.2) is 72.3 Å². The number of ketones is 2. The fourth-order valence-electron chi connectivity index (χ4n) is 6.11. The first-order valence-electron chi connectivity index (χ1n) is 19.0. The minimum atomic E-state index is 0.317. The lowest BCUT2D eigenvalue weighted by atomic mass is 10.1. The maximum absolute atomic E-state index is 11.2. The van der Waals surface area contributed by atoms with E-state index in [4.69, 9.17) is 0 Å². The van der Waals surface area contributed by atoms with Gasteiger partial charge < -0.3 is 24.5 Å². The molecule has 0 aromatic heterocycles. The molecule has 0 aromatic carbocycles. The third-order valence-corrected chi connectivity index (χ3v) is 8.92. The summed E-state index contributed by atoms with van der Waals surface area (Å²) in [7, 11) is 0. The normalized spacial score (nSPS) is 11.6. The van der Waals surface area contributed by atoms with E-state index in [9.17, 15) is 14.7 Å². The van der Waals surface area contributed by atoms with Gasteiger partial charge in [-0.15, -0.1) is 6.58 Å². The fourth-order valence-corrected chi connectivity index (χ4v) is 6.11. The standard InChI is InChI=1S/C39H76N2O3/c1-37(2)27-18-11-5-8-14-21-32-41(33-24-17-25-36-42)35-26-34-40(30-22-15-9-6-12-19-28-38(3)43)31-23-16-10-7-13-20-29-39(4)44/h42H,1,5-36H2,2-4H3. The second-order valence-corrected chi connectivity index (χ2v) is 13.8. The van der Waals surface area contributed by atoms with Gasteiger partial charge in [-0.2, -0.15) is 0 Å². The Morgan fingerprint density at radius 3 is 1.00 bits per heavy atom. The summed E-state index contributed by atoms with van der Waals surface area (Å²) >= 11 is 0. The Bertz CT molecular complexity index is 636. The maximum Gasteiger partial charge on any atom is 0.129 e. The van der Waals surface area contributed by atoms with E-state index < -0.39 is 0 Å². The number of aliphatic hydroxyl groups excluding tert-OH is 1. The Morgan fingerprint density at radius 2 is 0.682 bits per heavy atom. The van der Waals surface area contributed by atoms with Crippen molar-refractivity contribution in [3.63, 3.8) is 0 Å². The largest absolute Gasteiger partial charge is 0.396 e. The molecule has 44 heavy (non-hydrogen) atoms. The van der Waals surface area contributed by atoms with Crippen molar-refractivity contribution in [2.24, 2.45) is 0 Å². The molecule has 0 aromatic rings. The van der Waals surface area contributed by atoms with Crippen molar-refractivity contribution in [3.8, 4) is 0 Å². The summed E-state index contributed by atoms with van der Waals surface area (Å²) in [5.74, 6) is 0.649. The Kier molecular flexibility index (Phi) is 32.5. The van der Waals surface area contributed by atoms with E-state index >= 15 is 0 Å². The SMILES string of the molecule is C=C(C)CCCCCCCCN(CCCCCO)CCCN(CCCCCCCCC(C)=O)CCCCCCCCC(C)=O. The predicted octanol–water partition coefficient (Wildman–Crippen LogP) is 10.1. The molecule has 0 aliphatic heterocycles. The number of aliphatic hydroxyl groups is 1. The third-order valence-electron chi connectivity index (χ3n) is 8.92. The van der Waals surface area contributed by atoms with Gasteiger partial charge in [0.25, 0.3) is 0 Å². The zero-order valence-electron chi connectivity index (χ0n) is 30.0. The topological polar surface area (TPSA) is 60.9 Å². The van der Waals surface area contributed by atoms with E-state index in [1.807, 2.05) is 0 Å². The third kappa shape index (κ3) is 33.8. The van der Waals surface area contributed by atoms with Crippen LogP contribution < -0.4 is 0 Å². The van der Waals surface area contributed by atoms with Gasteiger partial charge in [0.2, 0.25) is 0 Å². The van der Waals surface area contributed by atoms with Crippen molar-refractivity contribution in [1.29, 1.82) is 0 Å². The van der Waals surface area contributed by atoms with E-state index in [0.29, 0.717) is 18.2 Å². The summed E-state index contributed by atoms with van der Waals surface area (Å²) in [5.41, 5.74) is 1.32. The van der Waals surface area contributed by atoms with Gasteiger partial charge in [-0.3, -0.25) is 0 Å². The molecule has 0 amide bonds. The molecule has 0 bridgehead atoms. The van der Waals surface area contributed by atoms with E-state index in [2.05, 4.69) is 23.3 Å². The van der Waals surface area contributed by atoms with Crippen LogP contribution in [0.25, 0.3) is 0 Å². The zero-order valence-corrected chi connectivity index (χ0v) is 30.0. The summed E-state index contributed by atoms with van der Waals surface area (Å²) in [4.78, 5) is 27.8. The van der Waals surface area contributed by atoms with Gasteiger partial charge in [-0.1, -0.05) is 82.6 Å². The Labute approximate surface area is 275 Å². The molecule has 0 saturated carbocycles. The van der Waals surface area contributed by atoms with Crippen LogP contribution in [0.2, 0.25) is 0 Å². The highest BCUT2D eigenvalue weighted by Crippen LogP contribution is 2.13. The molecule has 0 rings (SSSR count). The van der Waals surface area contributed by atoms with Gasteiger partial charge in [0, 0.05) is 19.4 Å². The molecule has 0 unspecified atom stereocenters. The van der Waals surface area contributed by atoms with Crippen LogP contribution in [0.3, 0.4) is 0 Å². The highest BCUT2D eigenvalue weighted by atomic mass is 16.3. The molecule has 0 fully saturated rings. The van der Waals surface area contributed by atoms with Crippen LogP contribution in [-0.2, 0) is 9.59 Å². The van der Waals surface area contributed by atoms with Gasteiger partial charge >= 0.3 is 0 Å². The summed E-state index contributed by atoms with van der Waals surface area (Å²) in [5, 5.41) is 9.20. The number of nitrogens with zero attached hydrogens (tertiary/aromatic N) is 2. The van der Waals surface area contributed by atoms with Gasteiger partial charge in [0.05, 0.1) is 0 Å². The number of hydrogen-bond donors (Lipinski definition) is 1. The molecule has 0 aliphatic rings. The molecule has 0 radical (unpaired) electrons. The summed E-state index contributed by atoms with van der Waals surface area (Å²) in [6.07, 6.45) is 30.0. The second-order valence-electron chi connectivity index (χ2n) is 13.8. The summed E-state index contributed by atoms with van der Waals surface area (Å²) in [6.45, 7) is 17.1. The molecule has 0 atom stereocenters. The lowest BCUT2D eigenvalue weighted by Crippen LogP contribution is -2.32. The Balaban J connectivity index is 4.51. The number of hydrogen-bond acceptors (Lipinski definition) is 5. The first-order valence-corrected chi connectivity index (χ1v) is 19.0. The Morgan fingerprint density at radius 1 is 0.409 bits per heavy atom. The number of allylic oxidation sites excluding steroid dienone is 1. The molecule has 0 aliphatic carbocycles. The summed E-state index contributed by atoms with van der Waals surface area (Å²) < 4.78 is 0. The fraction of sp³-hybridized carbons (Fsp3) is 0.897. The minimum Gasteiger partial charge on any atom is -0.396 e. The van der Waals surface area contributed by atoms with Crippen molar-refractivity contribution in [3.05, 3.63) is 12.2 Å². The van der Waals surface area contributed by atoms with E-state index in [0.717, 1.165) is 38.5 Å². The van der Waals surface area contributed by atoms with Crippen LogP contribution in [0, 0.1) is 0 Å². The highest BCUT2D eigenvalue weighted by molar-refractivity contribution is 5.75. The first kappa shape index (κ1) is 43.0. The molecule has 0 saturated heterocycles. The number of carbonyl (C=O) groups excluding carboxylic acids is 2. The van der Waals surface area contributed by atoms with Gasteiger partial charge in [0.15, 0.2) is 0 Å². The quantitative estimate of drug-likeness (QED) is 0.0558. The van der Waals surface area contributed by atoms with Crippen LogP contribution in [0.15, 0.2) is 12.2 Å². The lowest BCUT2D eigenvalue weighted by Gasteiger charge is -2.26. The van der Waals surface area contributed by atoms with Crippen molar-refractivity contribution < 1.29 is 14.7 Å². The number of unbranched alkanes of at least 4 members (excludes halogenated alkanes) is 17. The van der Waals surface area contributed by atoms with Crippen molar-refractivity contribution >= 4 is 11.6 Å². The highest BCUT2D eigenvalue weighted by Gasteiger charge is 2.09. The van der Waals surface area contributed by atoms with Crippen molar-refractivity contribution in [2.45, 2.75) is 181 Å². The van der Waals surface area contributed by atoms with Crippen LogP contribution in [0.1, 0.15) is 181 Å². The van der Waals surface area contributed by atoms with E-state index in [1.165, 1.54) is 167 Å². The van der Waals surface area contributed by atoms with Gasteiger partial charge in [0.1, 0.15) is 11.6 Å². The van der Waals surface area contributed by atoms with Crippen LogP contribution in [0.5, 0.6) is 0 Å². The maximum atomic E-state index is 11.2. The molecule has 0 heterocycles. The number of rotatable bonds is 36. The molecule has 5 nitrogen and oxygen atoms in total. The summed E-state index contributed by atoms with van der Waals surface area (Å²) in [6, 6.07) is 0. The molecular formula is C39H76N2O3. The second kappa shape index (κ2) is 33.3.